The lowest BCUT2D eigenvalue weighted by Crippen LogP contribution is -2.30. The monoisotopic (exact) mass is 263 g/mol. The van der Waals surface area contributed by atoms with Crippen LogP contribution in [0.2, 0.25) is 0 Å². The van der Waals surface area contributed by atoms with E-state index < -0.39 is 18.4 Å². The summed E-state index contributed by atoms with van der Waals surface area (Å²) in [6.45, 7) is 0.326. The fourth-order valence-corrected chi connectivity index (χ4v) is 1.53. The molecular formula is C13H13NO5. The molecule has 0 aliphatic carbocycles. The van der Waals surface area contributed by atoms with Crippen molar-refractivity contribution < 1.29 is 23.8 Å². The highest BCUT2D eigenvalue weighted by atomic mass is 16.7. The average Bonchev–Trinajstić information content (AvgIpc) is 2.77. The third-order valence-electron chi connectivity index (χ3n) is 2.45. The number of carbonyl (C=O) groups excluding carboxylic acids is 2. The fraction of sp³-hybridized carbons (Fsp3) is 0.231. The van der Waals surface area contributed by atoms with Crippen molar-refractivity contribution in [3.8, 4) is 0 Å². The van der Waals surface area contributed by atoms with Crippen LogP contribution in [0.5, 0.6) is 0 Å². The zero-order chi connectivity index (χ0) is 13.7. The van der Waals surface area contributed by atoms with Crippen molar-refractivity contribution in [2.45, 2.75) is 12.8 Å². The number of hydrogen-bond acceptors (Lipinski definition) is 5. The Morgan fingerprint density at radius 1 is 1.37 bits per heavy atom. The van der Waals surface area contributed by atoms with Crippen molar-refractivity contribution >= 4 is 12.1 Å². The number of methoxy groups -OCH3 is 1. The molecule has 0 bridgehead atoms. The SMILES string of the molecule is COC1=CC(=O)OC1OC(=O)NCc1ccccc1. The molecule has 1 heterocycles. The van der Waals surface area contributed by atoms with E-state index in [-0.39, 0.29) is 5.76 Å². The molecule has 0 fully saturated rings. The summed E-state index contributed by atoms with van der Waals surface area (Å²) in [5, 5.41) is 2.55. The molecule has 0 saturated heterocycles. The number of amides is 1. The number of ether oxygens (including phenoxy) is 3. The first kappa shape index (κ1) is 12.9. The Morgan fingerprint density at radius 3 is 2.79 bits per heavy atom. The molecule has 1 amide bonds. The lowest BCUT2D eigenvalue weighted by Gasteiger charge is -2.14. The molecule has 1 N–H and O–H groups in total. The predicted octanol–water partition coefficient (Wildman–Crippen LogP) is 1.33. The van der Waals surface area contributed by atoms with Gasteiger partial charge in [-0.15, -0.1) is 0 Å². The number of cyclic esters (lactones) is 1. The maximum absolute atomic E-state index is 11.5. The molecule has 19 heavy (non-hydrogen) atoms. The molecule has 2 rings (SSSR count). The summed E-state index contributed by atoms with van der Waals surface area (Å²) in [6.07, 6.45) is -0.672. The summed E-state index contributed by atoms with van der Waals surface area (Å²) in [5.74, 6) is -0.433. The second kappa shape index (κ2) is 5.90. The number of nitrogens with one attached hydrogen (secondary N) is 1. The van der Waals surface area contributed by atoms with Crippen LogP contribution in [0.15, 0.2) is 42.2 Å². The van der Waals surface area contributed by atoms with Gasteiger partial charge in [-0.3, -0.25) is 0 Å². The molecule has 1 unspecified atom stereocenters. The highest BCUT2D eigenvalue weighted by Gasteiger charge is 2.30. The Morgan fingerprint density at radius 2 is 2.11 bits per heavy atom. The van der Waals surface area contributed by atoms with Gasteiger partial charge in [-0.05, 0) is 5.56 Å². The van der Waals surface area contributed by atoms with Crippen LogP contribution in [0.1, 0.15) is 5.56 Å². The summed E-state index contributed by atoms with van der Waals surface area (Å²) < 4.78 is 14.5. The van der Waals surface area contributed by atoms with Crippen LogP contribution in [-0.2, 0) is 25.5 Å². The van der Waals surface area contributed by atoms with E-state index in [0.717, 1.165) is 11.6 Å². The molecule has 0 aromatic heterocycles. The third-order valence-corrected chi connectivity index (χ3v) is 2.45. The quantitative estimate of drug-likeness (QED) is 0.829. The number of benzene rings is 1. The van der Waals surface area contributed by atoms with Gasteiger partial charge in [-0.1, -0.05) is 30.3 Å². The van der Waals surface area contributed by atoms with Gasteiger partial charge in [0.2, 0.25) is 0 Å². The minimum absolute atomic E-state index is 0.167. The van der Waals surface area contributed by atoms with Gasteiger partial charge in [0, 0.05) is 6.54 Å². The summed E-state index contributed by atoms with van der Waals surface area (Å²) >= 11 is 0. The summed E-state index contributed by atoms with van der Waals surface area (Å²) in [7, 11) is 1.37. The van der Waals surface area contributed by atoms with E-state index in [0.29, 0.717) is 6.54 Å². The summed E-state index contributed by atoms with van der Waals surface area (Å²) in [5.41, 5.74) is 0.936. The van der Waals surface area contributed by atoms with Crippen LogP contribution in [0.25, 0.3) is 0 Å². The van der Waals surface area contributed by atoms with Gasteiger partial charge in [0.05, 0.1) is 13.2 Å². The van der Waals surface area contributed by atoms with Crippen molar-refractivity contribution in [2.24, 2.45) is 0 Å². The van der Waals surface area contributed by atoms with Gasteiger partial charge in [0.25, 0.3) is 0 Å². The number of carbonyl (C=O) groups is 2. The zero-order valence-electron chi connectivity index (χ0n) is 10.3. The van der Waals surface area contributed by atoms with E-state index >= 15 is 0 Å². The molecule has 0 spiro atoms. The smallest absolute Gasteiger partial charge is 0.410 e. The summed E-state index contributed by atoms with van der Waals surface area (Å²) in [6, 6.07) is 9.36. The molecule has 1 aliphatic rings. The van der Waals surface area contributed by atoms with Crippen LogP contribution in [0.3, 0.4) is 0 Å². The van der Waals surface area contributed by atoms with Crippen molar-refractivity contribution in [3.05, 3.63) is 47.7 Å². The van der Waals surface area contributed by atoms with Crippen molar-refractivity contribution in [1.82, 2.24) is 5.32 Å². The highest BCUT2D eigenvalue weighted by molar-refractivity contribution is 5.85. The Balaban J connectivity index is 1.82. The topological polar surface area (TPSA) is 73.9 Å². The van der Waals surface area contributed by atoms with Crippen LogP contribution in [0, 0.1) is 0 Å². The van der Waals surface area contributed by atoms with E-state index in [9.17, 15) is 9.59 Å². The first-order valence-corrected chi connectivity index (χ1v) is 5.63. The van der Waals surface area contributed by atoms with Crippen LogP contribution in [0.4, 0.5) is 4.79 Å². The molecule has 0 radical (unpaired) electrons. The van der Waals surface area contributed by atoms with Crippen molar-refractivity contribution in [2.75, 3.05) is 7.11 Å². The predicted molar refractivity (Wildman–Crippen MR) is 64.7 cm³/mol. The lowest BCUT2D eigenvalue weighted by atomic mass is 10.2. The van der Waals surface area contributed by atoms with E-state index in [1.54, 1.807) is 0 Å². The molecular weight excluding hydrogens is 250 g/mol. The van der Waals surface area contributed by atoms with Gasteiger partial charge in [0.1, 0.15) is 0 Å². The third kappa shape index (κ3) is 3.48. The number of esters is 1. The minimum atomic E-state index is -1.12. The second-order valence-corrected chi connectivity index (χ2v) is 3.76. The summed E-state index contributed by atoms with van der Waals surface area (Å²) in [4.78, 5) is 22.5. The van der Waals surface area contributed by atoms with Crippen LogP contribution < -0.4 is 5.32 Å². The Kier molecular flexibility index (Phi) is 4.02. The van der Waals surface area contributed by atoms with E-state index in [1.165, 1.54) is 7.11 Å². The van der Waals surface area contributed by atoms with Gasteiger partial charge in [-0.2, -0.15) is 0 Å². The lowest BCUT2D eigenvalue weighted by molar-refractivity contribution is -0.154. The second-order valence-electron chi connectivity index (χ2n) is 3.76. The first-order chi connectivity index (χ1) is 9.19. The van der Waals surface area contributed by atoms with Gasteiger partial charge < -0.3 is 19.5 Å². The van der Waals surface area contributed by atoms with Gasteiger partial charge in [0.15, 0.2) is 5.76 Å². The number of rotatable bonds is 4. The standard InChI is InChI=1S/C13H13NO5/c1-17-10-7-11(15)18-12(10)19-13(16)14-8-9-5-3-2-4-6-9/h2-7,12H,8H2,1H3,(H,14,16). The van der Waals surface area contributed by atoms with E-state index in [4.69, 9.17) is 14.2 Å². The Bertz CT molecular complexity index is 497. The Hall–Kier alpha value is -2.50. The highest BCUT2D eigenvalue weighted by Crippen LogP contribution is 2.17. The van der Waals surface area contributed by atoms with Crippen LogP contribution >= 0.6 is 0 Å². The van der Waals surface area contributed by atoms with Crippen molar-refractivity contribution in [1.29, 1.82) is 0 Å². The molecule has 100 valence electrons. The number of hydrogen-bond donors (Lipinski definition) is 1. The van der Waals surface area contributed by atoms with Crippen LogP contribution in [-0.4, -0.2) is 25.5 Å². The van der Waals surface area contributed by atoms with Crippen molar-refractivity contribution in [3.63, 3.8) is 0 Å². The maximum Gasteiger partial charge on any atom is 0.410 e. The fourth-order valence-electron chi connectivity index (χ4n) is 1.53. The molecule has 1 aromatic carbocycles. The van der Waals surface area contributed by atoms with Gasteiger partial charge >= 0.3 is 18.4 Å². The average molecular weight is 263 g/mol. The molecule has 1 aliphatic heterocycles. The maximum atomic E-state index is 11.5. The largest absolute Gasteiger partial charge is 0.493 e. The minimum Gasteiger partial charge on any atom is -0.493 e. The normalized spacial score (nSPS) is 17.4. The molecule has 6 nitrogen and oxygen atoms in total. The van der Waals surface area contributed by atoms with E-state index in [2.05, 4.69) is 5.32 Å². The molecule has 6 heteroatoms. The van der Waals surface area contributed by atoms with E-state index in [1.807, 2.05) is 30.3 Å². The zero-order valence-corrected chi connectivity index (χ0v) is 10.3. The Labute approximate surface area is 110 Å². The molecule has 1 aromatic rings. The first-order valence-electron chi connectivity index (χ1n) is 5.63. The molecule has 0 saturated carbocycles. The molecule has 1 atom stereocenters. The number of alkyl carbamates (subject to hydrolysis) is 1. The van der Waals surface area contributed by atoms with Gasteiger partial charge in [-0.25, -0.2) is 9.59 Å².